The summed E-state index contributed by atoms with van der Waals surface area (Å²) < 4.78 is 0. The molecule has 0 spiro atoms. The van der Waals surface area contributed by atoms with Gasteiger partial charge in [0, 0.05) is 17.1 Å². The highest BCUT2D eigenvalue weighted by atomic mass is 35.5. The zero-order valence-corrected chi connectivity index (χ0v) is 13.1. The van der Waals surface area contributed by atoms with Crippen LogP contribution in [0.3, 0.4) is 0 Å². The standard InChI is InChI=1S/C16H16ClNO2S/c1-11(7-12-3-2-4-14(17)8-12)16(20)18-9-15(19)13-5-6-21-10-13/h2-8,10,15,19H,9H2,1H3,(H,18,20)/b11-7-. The van der Waals surface area contributed by atoms with E-state index in [1.54, 1.807) is 25.1 Å². The van der Waals surface area contributed by atoms with Gasteiger partial charge in [-0.2, -0.15) is 11.3 Å². The van der Waals surface area contributed by atoms with Crippen LogP contribution in [0.15, 0.2) is 46.7 Å². The molecule has 0 saturated carbocycles. The Kier molecular flexibility index (Phi) is 5.56. The van der Waals surface area contributed by atoms with E-state index in [0.717, 1.165) is 11.1 Å². The van der Waals surface area contributed by atoms with E-state index >= 15 is 0 Å². The summed E-state index contributed by atoms with van der Waals surface area (Å²) in [5, 5.41) is 17.0. The van der Waals surface area contributed by atoms with E-state index in [0.29, 0.717) is 10.6 Å². The van der Waals surface area contributed by atoms with Gasteiger partial charge in [0.2, 0.25) is 5.91 Å². The zero-order valence-electron chi connectivity index (χ0n) is 11.5. The first-order valence-electron chi connectivity index (χ1n) is 6.48. The van der Waals surface area contributed by atoms with Crippen molar-refractivity contribution >= 4 is 34.9 Å². The van der Waals surface area contributed by atoms with Crippen molar-refractivity contribution in [3.63, 3.8) is 0 Å². The number of amides is 1. The van der Waals surface area contributed by atoms with Crippen molar-refractivity contribution in [3.05, 3.63) is 62.8 Å². The van der Waals surface area contributed by atoms with Gasteiger partial charge in [-0.15, -0.1) is 0 Å². The van der Waals surface area contributed by atoms with Crippen molar-refractivity contribution < 1.29 is 9.90 Å². The fourth-order valence-corrected chi connectivity index (χ4v) is 2.73. The third kappa shape index (κ3) is 4.70. The van der Waals surface area contributed by atoms with E-state index in [1.807, 2.05) is 29.0 Å². The van der Waals surface area contributed by atoms with Gasteiger partial charge in [0.05, 0.1) is 6.10 Å². The number of hydrogen-bond donors (Lipinski definition) is 2. The number of carbonyl (C=O) groups is 1. The molecule has 5 heteroatoms. The summed E-state index contributed by atoms with van der Waals surface area (Å²) in [6, 6.07) is 9.13. The maximum atomic E-state index is 12.0. The zero-order chi connectivity index (χ0) is 15.2. The summed E-state index contributed by atoms with van der Waals surface area (Å²) in [6.45, 7) is 1.92. The fraction of sp³-hybridized carbons (Fsp3) is 0.188. The molecule has 0 aliphatic carbocycles. The van der Waals surface area contributed by atoms with Crippen LogP contribution in [0.4, 0.5) is 0 Å². The van der Waals surface area contributed by atoms with Gasteiger partial charge in [-0.1, -0.05) is 23.7 Å². The van der Waals surface area contributed by atoms with Crippen LogP contribution in [0, 0.1) is 0 Å². The normalized spacial score (nSPS) is 13.0. The first-order valence-corrected chi connectivity index (χ1v) is 7.80. The molecule has 0 fully saturated rings. The van der Waals surface area contributed by atoms with Gasteiger partial charge in [0.1, 0.15) is 0 Å². The number of rotatable bonds is 5. The van der Waals surface area contributed by atoms with Crippen LogP contribution in [0.25, 0.3) is 6.08 Å². The fourth-order valence-electron chi connectivity index (χ4n) is 1.82. The Bertz CT molecular complexity index is 637. The van der Waals surface area contributed by atoms with Gasteiger partial charge in [-0.05, 0) is 53.1 Å². The number of thiophene rings is 1. The van der Waals surface area contributed by atoms with Crippen LogP contribution < -0.4 is 5.32 Å². The molecule has 0 radical (unpaired) electrons. The maximum absolute atomic E-state index is 12.0. The van der Waals surface area contributed by atoms with E-state index in [1.165, 1.54) is 11.3 Å². The first-order chi connectivity index (χ1) is 10.1. The molecule has 0 bridgehead atoms. The van der Waals surface area contributed by atoms with Gasteiger partial charge in [-0.25, -0.2) is 0 Å². The van der Waals surface area contributed by atoms with E-state index in [2.05, 4.69) is 5.32 Å². The monoisotopic (exact) mass is 321 g/mol. The molecule has 1 aromatic heterocycles. The van der Waals surface area contributed by atoms with Crippen molar-refractivity contribution in [1.82, 2.24) is 5.32 Å². The van der Waals surface area contributed by atoms with Crippen molar-refractivity contribution in [3.8, 4) is 0 Å². The lowest BCUT2D eigenvalue weighted by molar-refractivity contribution is -0.117. The molecule has 1 unspecified atom stereocenters. The van der Waals surface area contributed by atoms with Crippen LogP contribution in [-0.4, -0.2) is 17.6 Å². The topological polar surface area (TPSA) is 49.3 Å². The smallest absolute Gasteiger partial charge is 0.247 e. The predicted octanol–water partition coefficient (Wildman–Crippen LogP) is 3.65. The highest BCUT2D eigenvalue weighted by Crippen LogP contribution is 2.16. The average molecular weight is 322 g/mol. The molecule has 1 amide bonds. The lowest BCUT2D eigenvalue weighted by atomic mass is 10.1. The van der Waals surface area contributed by atoms with Crippen molar-refractivity contribution in [1.29, 1.82) is 0 Å². The maximum Gasteiger partial charge on any atom is 0.247 e. The largest absolute Gasteiger partial charge is 0.387 e. The number of benzene rings is 1. The third-order valence-corrected chi connectivity index (χ3v) is 3.91. The molecule has 110 valence electrons. The second-order valence-electron chi connectivity index (χ2n) is 4.66. The molecule has 2 aromatic rings. The number of carbonyl (C=O) groups excluding carboxylic acids is 1. The summed E-state index contributed by atoms with van der Waals surface area (Å²) in [5.41, 5.74) is 2.25. The Morgan fingerprint density at radius 2 is 2.29 bits per heavy atom. The Labute approximate surface area is 132 Å². The number of hydrogen-bond acceptors (Lipinski definition) is 3. The van der Waals surface area contributed by atoms with Gasteiger partial charge in [0.15, 0.2) is 0 Å². The minimum absolute atomic E-state index is 0.191. The SMILES string of the molecule is C/C(=C/c1cccc(Cl)c1)C(=O)NCC(O)c1ccsc1. The van der Waals surface area contributed by atoms with Crippen LogP contribution in [0.5, 0.6) is 0 Å². The van der Waals surface area contributed by atoms with Crippen LogP contribution in [0.2, 0.25) is 5.02 Å². The molecule has 2 N–H and O–H groups in total. The van der Waals surface area contributed by atoms with E-state index in [9.17, 15) is 9.90 Å². The van der Waals surface area contributed by atoms with Gasteiger partial charge in [0.25, 0.3) is 0 Å². The van der Waals surface area contributed by atoms with Gasteiger partial charge >= 0.3 is 0 Å². The van der Waals surface area contributed by atoms with E-state index < -0.39 is 6.10 Å². The highest BCUT2D eigenvalue weighted by Gasteiger charge is 2.10. The number of halogens is 1. The molecule has 0 aliphatic rings. The van der Waals surface area contributed by atoms with Gasteiger partial charge < -0.3 is 10.4 Å². The molecule has 1 atom stereocenters. The summed E-state index contributed by atoms with van der Waals surface area (Å²) in [7, 11) is 0. The number of aliphatic hydroxyl groups is 1. The molecule has 2 rings (SSSR count). The minimum Gasteiger partial charge on any atom is -0.387 e. The Balaban J connectivity index is 1.93. The predicted molar refractivity (Wildman–Crippen MR) is 87.4 cm³/mol. The first kappa shape index (κ1) is 15.8. The second kappa shape index (κ2) is 7.41. The van der Waals surface area contributed by atoms with Crippen LogP contribution in [-0.2, 0) is 4.79 Å². The number of nitrogens with one attached hydrogen (secondary N) is 1. The van der Waals surface area contributed by atoms with Crippen molar-refractivity contribution in [2.45, 2.75) is 13.0 Å². The Morgan fingerprint density at radius 3 is 2.95 bits per heavy atom. The molecule has 0 aliphatic heterocycles. The molecule has 3 nitrogen and oxygen atoms in total. The molecule has 1 aromatic carbocycles. The lowest BCUT2D eigenvalue weighted by Gasteiger charge is -2.10. The average Bonchev–Trinajstić information content (AvgIpc) is 2.98. The molecule has 0 saturated heterocycles. The second-order valence-corrected chi connectivity index (χ2v) is 5.88. The van der Waals surface area contributed by atoms with Crippen LogP contribution >= 0.6 is 22.9 Å². The third-order valence-electron chi connectivity index (χ3n) is 2.97. The minimum atomic E-state index is -0.681. The summed E-state index contributed by atoms with van der Waals surface area (Å²) in [6.07, 6.45) is 1.08. The lowest BCUT2D eigenvalue weighted by Crippen LogP contribution is -2.28. The summed E-state index contributed by atoms with van der Waals surface area (Å²) in [5.74, 6) is -0.204. The van der Waals surface area contributed by atoms with E-state index in [-0.39, 0.29) is 12.5 Å². The molecular weight excluding hydrogens is 306 g/mol. The summed E-state index contributed by atoms with van der Waals surface area (Å²) >= 11 is 7.42. The quantitative estimate of drug-likeness (QED) is 0.826. The molecular formula is C16H16ClNO2S. The Morgan fingerprint density at radius 1 is 1.48 bits per heavy atom. The molecule has 1 heterocycles. The number of aliphatic hydroxyl groups excluding tert-OH is 1. The molecule has 21 heavy (non-hydrogen) atoms. The summed E-state index contributed by atoms with van der Waals surface area (Å²) in [4.78, 5) is 12.0. The van der Waals surface area contributed by atoms with Crippen molar-refractivity contribution in [2.75, 3.05) is 6.54 Å². The van der Waals surface area contributed by atoms with Gasteiger partial charge in [-0.3, -0.25) is 4.79 Å². The highest BCUT2D eigenvalue weighted by molar-refractivity contribution is 7.07. The van der Waals surface area contributed by atoms with Crippen LogP contribution in [0.1, 0.15) is 24.2 Å². The van der Waals surface area contributed by atoms with Crippen molar-refractivity contribution in [2.24, 2.45) is 0 Å². The van der Waals surface area contributed by atoms with E-state index in [4.69, 9.17) is 11.6 Å². The Hall–Kier alpha value is -1.62.